The summed E-state index contributed by atoms with van der Waals surface area (Å²) in [7, 11) is 0. The predicted octanol–water partition coefficient (Wildman–Crippen LogP) is 3.18. The molecule has 0 heterocycles. The van der Waals surface area contributed by atoms with Gasteiger partial charge in [-0.05, 0) is 42.7 Å². The number of anilines is 1. The van der Waals surface area contributed by atoms with E-state index in [9.17, 15) is 0 Å². The zero-order chi connectivity index (χ0) is 11.7. The number of allylic oxidation sites excluding steroid dienone is 2. The number of para-hydroxylation sites is 1. The first-order chi connectivity index (χ1) is 8.36. The topological polar surface area (TPSA) is 35.8 Å². The zero-order valence-electron chi connectivity index (χ0n) is 9.76. The second kappa shape index (κ2) is 4.25. The summed E-state index contributed by atoms with van der Waals surface area (Å²) >= 11 is 0. The van der Waals surface area contributed by atoms with Gasteiger partial charge in [-0.25, -0.2) is 0 Å². The first-order valence-electron chi connectivity index (χ1n) is 6.28. The van der Waals surface area contributed by atoms with E-state index in [4.69, 9.17) is 5.26 Å². The van der Waals surface area contributed by atoms with Gasteiger partial charge in [-0.3, -0.25) is 0 Å². The lowest BCUT2D eigenvalue weighted by atomic mass is 9.93. The average molecular weight is 224 g/mol. The van der Waals surface area contributed by atoms with E-state index in [-0.39, 0.29) is 0 Å². The largest absolute Gasteiger partial charge is 0.384 e. The van der Waals surface area contributed by atoms with Crippen LogP contribution < -0.4 is 5.32 Å². The Balaban J connectivity index is 1.65. The Morgan fingerprint density at radius 1 is 1.24 bits per heavy atom. The molecule has 1 N–H and O–H groups in total. The summed E-state index contributed by atoms with van der Waals surface area (Å²) in [5.74, 6) is 2.33. The van der Waals surface area contributed by atoms with Gasteiger partial charge in [0.25, 0.3) is 0 Å². The highest BCUT2D eigenvalue weighted by molar-refractivity contribution is 5.57. The number of hydrogen-bond acceptors (Lipinski definition) is 2. The molecule has 2 aliphatic carbocycles. The third-order valence-corrected chi connectivity index (χ3v) is 4.02. The van der Waals surface area contributed by atoms with Gasteiger partial charge in [-0.15, -0.1) is 0 Å². The minimum Gasteiger partial charge on any atom is -0.384 e. The molecule has 3 rings (SSSR count). The average Bonchev–Trinajstić information content (AvgIpc) is 2.98. The van der Waals surface area contributed by atoms with Crippen molar-refractivity contribution in [3.05, 3.63) is 42.0 Å². The van der Waals surface area contributed by atoms with Crippen molar-refractivity contribution >= 4 is 5.69 Å². The molecule has 2 heteroatoms. The smallest absolute Gasteiger partial charge is 0.101 e. The molecule has 1 aromatic rings. The van der Waals surface area contributed by atoms with Crippen LogP contribution in [0.15, 0.2) is 36.4 Å². The van der Waals surface area contributed by atoms with Crippen molar-refractivity contribution in [2.75, 3.05) is 11.9 Å². The van der Waals surface area contributed by atoms with Crippen LogP contribution in [-0.2, 0) is 0 Å². The molecule has 0 spiro atoms. The molecule has 2 nitrogen and oxygen atoms in total. The van der Waals surface area contributed by atoms with Crippen LogP contribution in [0.3, 0.4) is 0 Å². The molecule has 2 aliphatic rings. The van der Waals surface area contributed by atoms with Gasteiger partial charge >= 0.3 is 0 Å². The van der Waals surface area contributed by atoms with Crippen LogP contribution in [0.2, 0.25) is 0 Å². The van der Waals surface area contributed by atoms with Crippen LogP contribution in [0, 0.1) is 29.1 Å². The van der Waals surface area contributed by atoms with Crippen molar-refractivity contribution in [1.29, 1.82) is 5.26 Å². The fourth-order valence-electron chi connectivity index (χ4n) is 3.11. The van der Waals surface area contributed by atoms with Crippen LogP contribution >= 0.6 is 0 Å². The molecule has 1 aromatic carbocycles. The quantitative estimate of drug-likeness (QED) is 0.800. The van der Waals surface area contributed by atoms with E-state index in [0.29, 0.717) is 0 Å². The highest BCUT2D eigenvalue weighted by atomic mass is 14.9. The van der Waals surface area contributed by atoms with Gasteiger partial charge in [0.1, 0.15) is 6.07 Å². The van der Waals surface area contributed by atoms with Gasteiger partial charge in [0.2, 0.25) is 0 Å². The Morgan fingerprint density at radius 2 is 2.12 bits per heavy atom. The Morgan fingerprint density at radius 3 is 2.82 bits per heavy atom. The number of benzene rings is 1. The summed E-state index contributed by atoms with van der Waals surface area (Å²) in [5.41, 5.74) is 1.72. The lowest BCUT2D eigenvalue weighted by Gasteiger charge is -2.19. The molecule has 0 aromatic heterocycles. The number of hydrogen-bond donors (Lipinski definition) is 1. The van der Waals surface area contributed by atoms with Crippen molar-refractivity contribution in [2.45, 2.75) is 12.8 Å². The molecule has 0 radical (unpaired) electrons. The molecule has 0 amide bonds. The fourth-order valence-corrected chi connectivity index (χ4v) is 3.11. The summed E-state index contributed by atoms with van der Waals surface area (Å²) in [4.78, 5) is 0. The summed E-state index contributed by atoms with van der Waals surface area (Å²) in [5, 5.41) is 12.4. The molecular weight excluding hydrogens is 208 g/mol. The summed E-state index contributed by atoms with van der Waals surface area (Å²) in [6.45, 7) is 0.990. The van der Waals surface area contributed by atoms with Crippen LogP contribution in [0.1, 0.15) is 18.4 Å². The first-order valence-corrected chi connectivity index (χ1v) is 6.28. The minimum atomic E-state index is 0.742. The molecule has 0 saturated heterocycles. The lowest BCUT2D eigenvalue weighted by Crippen LogP contribution is -2.18. The third-order valence-electron chi connectivity index (χ3n) is 4.02. The van der Waals surface area contributed by atoms with E-state index in [0.717, 1.165) is 35.5 Å². The summed E-state index contributed by atoms with van der Waals surface area (Å²) in [6.07, 6.45) is 7.39. The molecule has 3 unspecified atom stereocenters. The Hall–Kier alpha value is -1.75. The molecule has 1 saturated carbocycles. The van der Waals surface area contributed by atoms with Crippen LogP contribution in [0.4, 0.5) is 5.69 Å². The number of rotatable bonds is 3. The van der Waals surface area contributed by atoms with Gasteiger partial charge in [0, 0.05) is 6.54 Å². The molecule has 17 heavy (non-hydrogen) atoms. The first kappa shape index (κ1) is 10.4. The monoisotopic (exact) mass is 224 g/mol. The minimum absolute atomic E-state index is 0.742. The van der Waals surface area contributed by atoms with Crippen LogP contribution in [0.5, 0.6) is 0 Å². The van der Waals surface area contributed by atoms with Gasteiger partial charge in [0.05, 0.1) is 11.3 Å². The van der Waals surface area contributed by atoms with Gasteiger partial charge < -0.3 is 5.32 Å². The van der Waals surface area contributed by atoms with Crippen LogP contribution in [0.25, 0.3) is 0 Å². The van der Waals surface area contributed by atoms with Gasteiger partial charge in [-0.1, -0.05) is 24.3 Å². The highest BCUT2D eigenvalue weighted by Crippen LogP contribution is 2.43. The maximum atomic E-state index is 9.01. The van der Waals surface area contributed by atoms with E-state index >= 15 is 0 Å². The standard InChI is InChI=1S/C15H16N2/c16-9-13-3-1-2-4-15(13)17-10-14-8-11-5-6-12(14)7-11/h1-6,11-12,14,17H,7-8,10H2. The zero-order valence-corrected chi connectivity index (χ0v) is 9.76. The van der Waals surface area contributed by atoms with E-state index in [1.165, 1.54) is 12.8 Å². The molecular formula is C15H16N2. The van der Waals surface area contributed by atoms with Crippen molar-refractivity contribution in [3.63, 3.8) is 0 Å². The fraction of sp³-hybridized carbons (Fsp3) is 0.400. The summed E-state index contributed by atoms with van der Waals surface area (Å²) < 4.78 is 0. The Labute approximate surface area is 102 Å². The number of nitrogens with one attached hydrogen (secondary N) is 1. The molecule has 86 valence electrons. The number of fused-ring (bicyclic) bond motifs is 2. The van der Waals surface area contributed by atoms with Crippen molar-refractivity contribution < 1.29 is 0 Å². The second-order valence-corrected chi connectivity index (χ2v) is 5.08. The summed E-state index contributed by atoms with van der Waals surface area (Å²) in [6, 6.07) is 9.96. The van der Waals surface area contributed by atoms with E-state index in [1.54, 1.807) is 0 Å². The second-order valence-electron chi connectivity index (χ2n) is 5.08. The molecule has 1 fully saturated rings. The van der Waals surface area contributed by atoms with Gasteiger partial charge in [-0.2, -0.15) is 5.26 Å². The normalized spacial score (nSPS) is 29.2. The lowest BCUT2D eigenvalue weighted by molar-refractivity contribution is 0.472. The van der Waals surface area contributed by atoms with E-state index < -0.39 is 0 Å². The van der Waals surface area contributed by atoms with Crippen LogP contribution in [-0.4, -0.2) is 6.54 Å². The third kappa shape index (κ3) is 1.93. The highest BCUT2D eigenvalue weighted by Gasteiger charge is 2.35. The molecule has 0 aliphatic heterocycles. The van der Waals surface area contributed by atoms with Gasteiger partial charge in [0.15, 0.2) is 0 Å². The van der Waals surface area contributed by atoms with E-state index in [2.05, 4.69) is 23.5 Å². The Kier molecular flexibility index (Phi) is 2.60. The molecule has 3 atom stereocenters. The predicted molar refractivity (Wildman–Crippen MR) is 68.5 cm³/mol. The van der Waals surface area contributed by atoms with Crippen molar-refractivity contribution in [2.24, 2.45) is 17.8 Å². The molecule has 2 bridgehead atoms. The van der Waals surface area contributed by atoms with Crippen molar-refractivity contribution in [3.8, 4) is 6.07 Å². The maximum Gasteiger partial charge on any atom is 0.101 e. The number of nitriles is 1. The van der Waals surface area contributed by atoms with Crippen molar-refractivity contribution in [1.82, 2.24) is 0 Å². The number of nitrogens with zero attached hydrogens (tertiary/aromatic N) is 1. The maximum absolute atomic E-state index is 9.01. The van der Waals surface area contributed by atoms with E-state index in [1.807, 2.05) is 24.3 Å². The Bertz CT molecular complexity index is 484. The SMILES string of the molecule is N#Cc1ccccc1NCC1CC2C=CC1C2.